The summed E-state index contributed by atoms with van der Waals surface area (Å²) in [4.78, 5) is 18.3. The second-order valence-corrected chi connectivity index (χ2v) is 7.00. The average Bonchev–Trinajstić information content (AvgIpc) is 3.19. The molecule has 0 aromatic carbocycles. The molecule has 1 atom stereocenters. The predicted octanol–water partition coefficient (Wildman–Crippen LogP) is 2.19. The number of halogens is 1. The fourth-order valence-electron chi connectivity index (χ4n) is 3.63. The van der Waals surface area contributed by atoms with Crippen molar-refractivity contribution in [3.8, 4) is 0 Å². The van der Waals surface area contributed by atoms with Crippen molar-refractivity contribution in [3.05, 3.63) is 23.7 Å². The van der Waals surface area contributed by atoms with Gasteiger partial charge in [-0.25, -0.2) is 4.99 Å². The van der Waals surface area contributed by atoms with Crippen molar-refractivity contribution in [1.29, 1.82) is 0 Å². The van der Waals surface area contributed by atoms with Crippen LogP contribution < -0.4 is 16.4 Å². The van der Waals surface area contributed by atoms with E-state index in [1.165, 1.54) is 0 Å². The van der Waals surface area contributed by atoms with E-state index < -0.39 is 5.91 Å². The lowest BCUT2D eigenvalue weighted by molar-refractivity contribution is 0.00272. The molecule has 1 unspecified atom stereocenters. The molecule has 166 valence electrons. The Hall–Kier alpha value is -1.33. The summed E-state index contributed by atoms with van der Waals surface area (Å²) in [5.74, 6) is 1.55. The Bertz CT molecular complexity index is 627. The number of primary amides is 1. The fraction of sp³-hybridized carbons (Fsp3) is 0.700. The molecule has 1 aromatic rings. The molecule has 0 spiro atoms. The molecule has 1 aliphatic rings. The Morgan fingerprint density at radius 2 is 1.90 bits per heavy atom. The third kappa shape index (κ3) is 8.13. The van der Waals surface area contributed by atoms with Gasteiger partial charge in [0.1, 0.15) is 12.3 Å². The highest BCUT2D eigenvalue weighted by molar-refractivity contribution is 14.0. The summed E-state index contributed by atoms with van der Waals surface area (Å²) in [5, 5.41) is 6.77. The van der Waals surface area contributed by atoms with Crippen LogP contribution in [0, 0.1) is 5.92 Å². The number of furan rings is 1. The Morgan fingerprint density at radius 1 is 1.21 bits per heavy atom. The summed E-state index contributed by atoms with van der Waals surface area (Å²) < 4.78 is 10.9. The van der Waals surface area contributed by atoms with E-state index in [0.29, 0.717) is 24.3 Å². The largest absolute Gasteiger partial charge is 0.454 e. The third-order valence-corrected chi connectivity index (χ3v) is 5.23. The number of nitrogens with two attached hydrogens (primary N) is 1. The summed E-state index contributed by atoms with van der Waals surface area (Å²) in [7, 11) is 0. The van der Waals surface area contributed by atoms with Crippen molar-refractivity contribution < 1.29 is 13.9 Å². The molecule has 1 amide bonds. The molecule has 1 aromatic heterocycles. The summed E-state index contributed by atoms with van der Waals surface area (Å²) in [6.45, 7) is 12.0. The molecule has 1 aliphatic heterocycles. The van der Waals surface area contributed by atoms with Crippen LogP contribution in [0.4, 0.5) is 0 Å². The first kappa shape index (κ1) is 25.7. The lowest BCUT2D eigenvalue weighted by Crippen LogP contribution is -2.53. The normalized spacial score (nSPS) is 16.3. The first-order chi connectivity index (χ1) is 13.6. The summed E-state index contributed by atoms with van der Waals surface area (Å²) in [6.07, 6.45) is 2.30. The zero-order valence-corrected chi connectivity index (χ0v) is 20.1. The number of carbonyl (C=O) groups is 1. The van der Waals surface area contributed by atoms with Crippen molar-refractivity contribution in [2.45, 2.75) is 46.2 Å². The van der Waals surface area contributed by atoms with E-state index in [4.69, 9.17) is 14.9 Å². The van der Waals surface area contributed by atoms with Crippen molar-refractivity contribution in [2.24, 2.45) is 16.6 Å². The maximum atomic E-state index is 11.2. The average molecular weight is 521 g/mol. The fourth-order valence-corrected chi connectivity index (χ4v) is 3.63. The number of amides is 1. The maximum absolute atomic E-state index is 11.2. The smallest absolute Gasteiger partial charge is 0.284 e. The zero-order valence-electron chi connectivity index (χ0n) is 17.8. The molecule has 4 N–H and O–H groups in total. The van der Waals surface area contributed by atoms with Gasteiger partial charge in [-0.05, 0) is 25.0 Å². The zero-order chi connectivity index (χ0) is 20.4. The van der Waals surface area contributed by atoms with Crippen LogP contribution in [-0.4, -0.2) is 62.2 Å². The lowest BCUT2D eigenvalue weighted by Gasteiger charge is -2.39. The quantitative estimate of drug-likeness (QED) is 0.248. The summed E-state index contributed by atoms with van der Waals surface area (Å²) in [5.41, 5.74) is 5.23. The molecular formula is C20H36IN5O3. The number of hydrogen-bond donors (Lipinski definition) is 3. The van der Waals surface area contributed by atoms with Crippen LogP contribution in [0.25, 0.3) is 0 Å². The minimum absolute atomic E-state index is 0. The maximum Gasteiger partial charge on any atom is 0.284 e. The van der Waals surface area contributed by atoms with Crippen LogP contribution in [0.5, 0.6) is 0 Å². The third-order valence-electron chi connectivity index (χ3n) is 5.23. The van der Waals surface area contributed by atoms with E-state index in [1.54, 1.807) is 12.1 Å². The van der Waals surface area contributed by atoms with Gasteiger partial charge in [-0.2, -0.15) is 0 Å². The van der Waals surface area contributed by atoms with E-state index >= 15 is 0 Å². The Morgan fingerprint density at radius 3 is 2.45 bits per heavy atom. The molecule has 0 aliphatic carbocycles. The van der Waals surface area contributed by atoms with E-state index in [2.05, 4.69) is 34.4 Å². The number of rotatable bonds is 10. The minimum atomic E-state index is -0.571. The van der Waals surface area contributed by atoms with Gasteiger partial charge in [-0.1, -0.05) is 26.7 Å². The molecule has 2 heterocycles. The second kappa shape index (κ2) is 13.8. The first-order valence-corrected chi connectivity index (χ1v) is 10.3. The highest BCUT2D eigenvalue weighted by atomic mass is 127. The summed E-state index contributed by atoms with van der Waals surface area (Å²) >= 11 is 0. The van der Waals surface area contributed by atoms with Crippen LogP contribution in [-0.2, 0) is 11.3 Å². The van der Waals surface area contributed by atoms with Gasteiger partial charge in [0, 0.05) is 32.2 Å². The molecule has 9 heteroatoms. The number of guanidine groups is 1. The Labute approximate surface area is 191 Å². The van der Waals surface area contributed by atoms with Crippen LogP contribution in [0.2, 0.25) is 0 Å². The number of aliphatic imine (C=N–C) groups is 1. The van der Waals surface area contributed by atoms with Gasteiger partial charge in [0.2, 0.25) is 0 Å². The standard InChI is InChI=1S/C20H35N5O3.HI/c1-4-15(5-2)17(25-9-11-27-12-10-25)14-24-20(22-6-3)23-13-16-7-8-18(28-16)19(21)26;/h7-8,15,17H,4-6,9-14H2,1-3H3,(H2,21,26)(H2,22,23,24);1H. The molecule has 2 rings (SSSR count). The molecule has 29 heavy (non-hydrogen) atoms. The van der Waals surface area contributed by atoms with Gasteiger partial charge in [-0.15, -0.1) is 24.0 Å². The number of morpholine rings is 1. The molecule has 8 nitrogen and oxygen atoms in total. The molecule has 0 saturated carbocycles. The van der Waals surface area contributed by atoms with Crippen molar-refractivity contribution in [1.82, 2.24) is 15.5 Å². The molecule has 0 radical (unpaired) electrons. The SMILES string of the molecule is CCNC(=NCc1ccc(C(N)=O)o1)NCC(C(CC)CC)N1CCOCC1.I. The van der Waals surface area contributed by atoms with Gasteiger partial charge >= 0.3 is 0 Å². The number of nitrogens with one attached hydrogen (secondary N) is 2. The van der Waals surface area contributed by atoms with E-state index in [1.807, 2.05) is 6.92 Å². The topological polar surface area (TPSA) is 105 Å². The number of carbonyl (C=O) groups excluding carboxylic acids is 1. The van der Waals surface area contributed by atoms with Crippen LogP contribution in [0.15, 0.2) is 21.5 Å². The highest BCUT2D eigenvalue weighted by Gasteiger charge is 2.27. The van der Waals surface area contributed by atoms with E-state index in [0.717, 1.165) is 58.2 Å². The first-order valence-electron chi connectivity index (χ1n) is 10.3. The van der Waals surface area contributed by atoms with Crippen LogP contribution in [0.1, 0.15) is 49.9 Å². The Kier molecular flexibility index (Phi) is 12.2. The summed E-state index contributed by atoms with van der Waals surface area (Å²) in [6, 6.07) is 3.75. The number of ether oxygens (including phenoxy) is 1. The monoisotopic (exact) mass is 521 g/mol. The van der Waals surface area contributed by atoms with Crippen LogP contribution in [0.3, 0.4) is 0 Å². The van der Waals surface area contributed by atoms with E-state index in [-0.39, 0.29) is 29.7 Å². The highest BCUT2D eigenvalue weighted by Crippen LogP contribution is 2.19. The molecule has 1 fully saturated rings. The van der Waals surface area contributed by atoms with E-state index in [9.17, 15) is 4.79 Å². The molecule has 0 bridgehead atoms. The lowest BCUT2D eigenvalue weighted by atomic mass is 9.92. The predicted molar refractivity (Wildman–Crippen MR) is 126 cm³/mol. The molecule has 1 saturated heterocycles. The minimum Gasteiger partial charge on any atom is -0.454 e. The van der Waals surface area contributed by atoms with Crippen molar-refractivity contribution >= 4 is 35.8 Å². The van der Waals surface area contributed by atoms with Gasteiger partial charge < -0.3 is 25.5 Å². The van der Waals surface area contributed by atoms with Gasteiger partial charge in [0.05, 0.1) is 13.2 Å². The van der Waals surface area contributed by atoms with Crippen molar-refractivity contribution in [3.63, 3.8) is 0 Å². The second-order valence-electron chi connectivity index (χ2n) is 7.00. The van der Waals surface area contributed by atoms with Gasteiger partial charge in [0.15, 0.2) is 11.7 Å². The number of nitrogens with zero attached hydrogens (tertiary/aromatic N) is 2. The Balaban J connectivity index is 0.00000420. The van der Waals surface area contributed by atoms with Gasteiger partial charge in [0.25, 0.3) is 5.91 Å². The molecular weight excluding hydrogens is 485 g/mol. The van der Waals surface area contributed by atoms with Crippen molar-refractivity contribution in [2.75, 3.05) is 39.4 Å². The van der Waals surface area contributed by atoms with Gasteiger partial charge in [-0.3, -0.25) is 9.69 Å². The van der Waals surface area contributed by atoms with Crippen LogP contribution >= 0.6 is 24.0 Å². The number of hydrogen-bond acceptors (Lipinski definition) is 5.